The van der Waals surface area contributed by atoms with Crippen LogP contribution in [0.4, 0.5) is 5.69 Å². The van der Waals surface area contributed by atoms with Crippen LogP contribution in [0.15, 0.2) is 29.2 Å². The average Bonchev–Trinajstić information content (AvgIpc) is 2.37. The van der Waals surface area contributed by atoms with Crippen LogP contribution >= 0.6 is 0 Å². The molecule has 3 N–H and O–H groups in total. The van der Waals surface area contributed by atoms with Gasteiger partial charge >= 0.3 is 5.97 Å². The number of aliphatic carboxylic acids is 1. The number of rotatable bonds is 7. The minimum atomic E-state index is -3.79. The van der Waals surface area contributed by atoms with Crippen molar-refractivity contribution in [3.63, 3.8) is 0 Å². The lowest BCUT2D eigenvalue weighted by Gasteiger charge is -2.15. The van der Waals surface area contributed by atoms with Crippen molar-refractivity contribution in [1.29, 1.82) is 0 Å². The van der Waals surface area contributed by atoms with Crippen molar-refractivity contribution in [2.24, 2.45) is 0 Å². The number of sulfonamides is 1. The summed E-state index contributed by atoms with van der Waals surface area (Å²) >= 11 is 0. The maximum atomic E-state index is 12.1. The third kappa shape index (κ3) is 5.52. The highest BCUT2D eigenvalue weighted by molar-refractivity contribution is 7.89. The molecular weight excluding hydrogens is 296 g/mol. The number of carbonyl (C=O) groups is 2. The summed E-state index contributed by atoms with van der Waals surface area (Å²) < 4.78 is 26.6. The Kier molecular flexibility index (Phi) is 5.86. The predicted octanol–water partition coefficient (Wildman–Crippen LogP) is 1.18. The molecule has 8 heteroatoms. The number of anilines is 1. The van der Waals surface area contributed by atoms with E-state index in [1.807, 2.05) is 0 Å². The normalized spacial score (nSPS) is 12.7. The lowest BCUT2D eigenvalue weighted by molar-refractivity contribution is -0.137. The summed E-state index contributed by atoms with van der Waals surface area (Å²) in [6, 6.07) is 4.97. The van der Waals surface area contributed by atoms with E-state index in [-0.39, 0.29) is 17.2 Å². The Hall–Kier alpha value is -1.93. The van der Waals surface area contributed by atoms with Crippen molar-refractivity contribution in [3.05, 3.63) is 24.3 Å². The van der Waals surface area contributed by atoms with E-state index in [0.29, 0.717) is 12.1 Å². The fourth-order valence-electron chi connectivity index (χ4n) is 1.69. The zero-order valence-corrected chi connectivity index (χ0v) is 12.6. The SMILES string of the molecule is CCC(CC(=O)O)NS(=O)(=O)c1ccc(NC(C)=O)cc1. The molecule has 0 fully saturated rings. The van der Waals surface area contributed by atoms with Gasteiger partial charge in [-0.25, -0.2) is 13.1 Å². The molecule has 0 bridgehead atoms. The first-order valence-corrected chi connectivity index (χ1v) is 7.84. The van der Waals surface area contributed by atoms with E-state index in [2.05, 4.69) is 10.0 Å². The zero-order chi connectivity index (χ0) is 16.0. The van der Waals surface area contributed by atoms with Crippen LogP contribution < -0.4 is 10.0 Å². The maximum Gasteiger partial charge on any atom is 0.304 e. The fourth-order valence-corrected chi connectivity index (χ4v) is 3.01. The van der Waals surface area contributed by atoms with Crippen molar-refractivity contribution in [3.8, 4) is 0 Å². The highest BCUT2D eigenvalue weighted by Gasteiger charge is 2.20. The monoisotopic (exact) mass is 314 g/mol. The Bertz CT molecular complexity index is 610. The van der Waals surface area contributed by atoms with Crippen LogP contribution in [0.1, 0.15) is 26.7 Å². The van der Waals surface area contributed by atoms with Crippen LogP contribution in [0.3, 0.4) is 0 Å². The average molecular weight is 314 g/mol. The van der Waals surface area contributed by atoms with Gasteiger partial charge < -0.3 is 10.4 Å². The third-order valence-electron chi connectivity index (χ3n) is 2.72. The molecule has 0 aliphatic rings. The van der Waals surface area contributed by atoms with E-state index in [0.717, 1.165) is 0 Å². The van der Waals surface area contributed by atoms with E-state index in [9.17, 15) is 18.0 Å². The lowest BCUT2D eigenvalue weighted by Crippen LogP contribution is -2.36. The van der Waals surface area contributed by atoms with Gasteiger partial charge in [-0.3, -0.25) is 9.59 Å². The van der Waals surface area contributed by atoms with E-state index >= 15 is 0 Å². The summed E-state index contributed by atoms with van der Waals surface area (Å²) in [5.41, 5.74) is 0.485. The Morgan fingerprint density at radius 3 is 2.24 bits per heavy atom. The number of benzene rings is 1. The molecule has 1 aromatic carbocycles. The Morgan fingerprint density at radius 2 is 1.81 bits per heavy atom. The van der Waals surface area contributed by atoms with E-state index < -0.39 is 22.0 Å². The molecule has 0 heterocycles. The molecular formula is C13H18N2O5S. The van der Waals surface area contributed by atoms with Gasteiger partial charge in [0.1, 0.15) is 0 Å². The van der Waals surface area contributed by atoms with Crippen LogP contribution in [0.2, 0.25) is 0 Å². The van der Waals surface area contributed by atoms with Gasteiger partial charge in [-0.1, -0.05) is 6.92 Å². The van der Waals surface area contributed by atoms with Gasteiger partial charge in [0.2, 0.25) is 15.9 Å². The topological polar surface area (TPSA) is 113 Å². The number of carbonyl (C=O) groups excluding carboxylic acids is 1. The highest BCUT2D eigenvalue weighted by atomic mass is 32.2. The second-order valence-corrected chi connectivity index (χ2v) is 6.24. The standard InChI is InChI=1S/C13H18N2O5S/c1-3-10(8-13(17)18)15-21(19,20)12-6-4-11(5-7-12)14-9(2)16/h4-7,10,15H,3,8H2,1-2H3,(H,14,16)(H,17,18). The van der Waals surface area contributed by atoms with Gasteiger partial charge in [0, 0.05) is 18.7 Å². The molecule has 1 atom stereocenters. The van der Waals surface area contributed by atoms with Crippen LogP contribution in [-0.4, -0.2) is 31.4 Å². The lowest BCUT2D eigenvalue weighted by atomic mass is 10.2. The number of carboxylic acids is 1. The van der Waals surface area contributed by atoms with Gasteiger partial charge in [0.15, 0.2) is 0 Å². The molecule has 0 spiro atoms. The number of carboxylic acid groups (broad SMARTS) is 1. The fraction of sp³-hybridized carbons (Fsp3) is 0.385. The van der Waals surface area contributed by atoms with Crippen molar-refractivity contribution in [1.82, 2.24) is 4.72 Å². The maximum absolute atomic E-state index is 12.1. The molecule has 0 aliphatic carbocycles. The van der Waals surface area contributed by atoms with Gasteiger partial charge in [-0.05, 0) is 30.7 Å². The number of nitrogens with one attached hydrogen (secondary N) is 2. The smallest absolute Gasteiger partial charge is 0.304 e. The molecule has 0 aromatic heterocycles. The minimum absolute atomic E-state index is 0.0143. The van der Waals surface area contributed by atoms with E-state index in [4.69, 9.17) is 5.11 Å². The second-order valence-electron chi connectivity index (χ2n) is 4.53. The molecule has 0 saturated carbocycles. The number of hydrogen-bond donors (Lipinski definition) is 3. The Balaban J connectivity index is 2.86. The summed E-state index contributed by atoms with van der Waals surface area (Å²) in [5, 5.41) is 11.3. The molecule has 0 aliphatic heterocycles. The zero-order valence-electron chi connectivity index (χ0n) is 11.8. The van der Waals surface area contributed by atoms with Gasteiger partial charge in [-0.15, -0.1) is 0 Å². The molecule has 0 saturated heterocycles. The largest absolute Gasteiger partial charge is 0.481 e. The van der Waals surface area contributed by atoms with Gasteiger partial charge in [-0.2, -0.15) is 0 Å². The quantitative estimate of drug-likeness (QED) is 0.699. The Morgan fingerprint density at radius 1 is 1.24 bits per heavy atom. The predicted molar refractivity (Wildman–Crippen MR) is 77.4 cm³/mol. The first-order valence-electron chi connectivity index (χ1n) is 6.36. The summed E-state index contributed by atoms with van der Waals surface area (Å²) in [6.07, 6.45) is 0.0925. The van der Waals surface area contributed by atoms with Crippen LogP contribution in [0.5, 0.6) is 0 Å². The summed E-state index contributed by atoms with van der Waals surface area (Å²) in [7, 11) is -3.79. The Labute approximate surface area is 123 Å². The molecule has 0 radical (unpaired) electrons. The molecule has 1 aromatic rings. The van der Waals surface area contributed by atoms with E-state index in [1.54, 1.807) is 6.92 Å². The van der Waals surface area contributed by atoms with Crippen LogP contribution in [-0.2, 0) is 19.6 Å². The van der Waals surface area contributed by atoms with Crippen molar-refractivity contribution < 1.29 is 23.1 Å². The first-order chi connectivity index (χ1) is 9.74. The number of amides is 1. The summed E-state index contributed by atoms with van der Waals surface area (Å²) in [5.74, 6) is -1.32. The second kappa shape index (κ2) is 7.19. The summed E-state index contributed by atoms with van der Waals surface area (Å²) in [4.78, 5) is 21.6. The minimum Gasteiger partial charge on any atom is -0.481 e. The van der Waals surface area contributed by atoms with Crippen molar-refractivity contribution in [2.45, 2.75) is 37.6 Å². The van der Waals surface area contributed by atoms with Gasteiger partial charge in [0.05, 0.1) is 11.3 Å². The number of hydrogen-bond acceptors (Lipinski definition) is 4. The van der Waals surface area contributed by atoms with Crippen molar-refractivity contribution >= 4 is 27.6 Å². The van der Waals surface area contributed by atoms with Crippen molar-refractivity contribution in [2.75, 3.05) is 5.32 Å². The molecule has 1 rings (SSSR count). The molecule has 116 valence electrons. The van der Waals surface area contributed by atoms with Crippen LogP contribution in [0, 0.1) is 0 Å². The molecule has 1 amide bonds. The summed E-state index contributed by atoms with van der Waals surface area (Å²) in [6.45, 7) is 3.06. The molecule has 21 heavy (non-hydrogen) atoms. The first kappa shape index (κ1) is 17.1. The highest BCUT2D eigenvalue weighted by Crippen LogP contribution is 2.15. The van der Waals surface area contributed by atoms with E-state index in [1.165, 1.54) is 31.2 Å². The molecule has 1 unspecified atom stereocenters. The molecule has 7 nitrogen and oxygen atoms in total. The third-order valence-corrected chi connectivity index (χ3v) is 4.26. The van der Waals surface area contributed by atoms with Crippen LogP contribution in [0.25, 0.3) is 0 Å². The van der Waals surface area contributed by atoms with Gasteiger partial charge in [0.25, 0.3) is 0 Å².